The Balaban J connectivity index is 2.56. The first-order valence-corrected chi connectivity index (χ1v) is 6.41. The van der Waals surface area contributed by atoms with Crippen LogP contribution >= 0.6 is 11.6 Å². The molecule has 0 spiro atoms. The third-order valence-corrected chi connectivity index (χ3v) is 3.27. The van der Waals surface area contributed by atoms with E-state index in [1.54, 1.807) is 30.3 Å². The standard InChI is InChI=1S/C15H13ClF2O/c16-9-8-15(19,11-4-2-1-3-5-11)13-7-6-12(17)10-14(13)18/h1-7,10,19H,8-9H2. The number of hydrogen-bond donors (Lipinski definition) is 1. The maximum absolute atomic E-state index is 13.9. The fourth-order valence-electron chi connectivity index (χ4n) is 2.11. The fraction of sp³-hybridized carbons (Fsp3) is 0.200. The number of aliphatic hydroxyl groups is 1. The van der Waals surface area contributed by atoms with Crippen LogP contribution in [0.15, 0.2) is 48.5 Å². The molecule has 1 atom stereocenters. The molecule has 100 valence electrons. The zero-order valence-electron chi connectivity index (χ0n) is 10.1. The van der Waals surface area contributed by atoms with E-state index in [-0.39, 0.29) is 17.9 Å². The van der Waals surface area contributed by atoms with Crippen molar-refractivity contribution in [2.45, 2.75) is 12.0 Å². The van der Waals surface area contributed by atoms with Gasteiger partial charge in [-0.3, -0.25) is 0 Å². The van der Waals surface area contributed by atoms with E-state index in [0.29, 0.717) is 5.56 Å². The topological polar surface area (TPSA) is 20.2 Å². The normalized spacial score (nSPS) is 14.1. The van der Waals surface area contributed by atoms with Gasteiger partial charge in [0.25, 0.3) is 0 Å². The maximum atomic E-state index is 13.9. The quantitative estimate of drug-likeness (QED) is 0.845. The second-order valence-corrected chi connectivity index (χ2v) is 4.67. The molecule has 0 aliphatic rings. The molecule has 19 heavy (non-hydrogen) atoms. The molecular weight excluding hydrogens is 270 g/mol. The Kier molecular flexibility index (Phi) is 4.17. The van der Waals surface area contributed by atoms with Crippen molar-refractivity contribution < 1.29 is 13.9 Å². The van der Waals surface area contributed by atoms with E-state index in [4.69, 9.17) is 11.6 Å². The molecule has 0 saturated carbocycles. The highest BCUT2D eigenvalue weighted by molar-refractivity contribution is 6.17. The van der Waals surface area contributed by atoms with Crippen LogP contribution in [0.5, 0.6) is 0 Å². The molecule has 0 saturated heterocycles. The molecule has 1 N–H and O–H groups in total. The third kappa shape index (κ3) is 2.77. The molecular formula is C15H13ClF2O. The van der Waals surface area contributed by atoms with Crippen LogP contribution in [0.1, 0.15) is 17.5 Å². The summed E-state index contributed by atoms with van der Waals surface area (Å²) in [6.07, 6.45) is 0.140. The van der Waals surface area contributed by atoms with Gasteiger partial charge in [-0.1, -0.05) is 30.3 Å². The molecule has 2 aromatic rings. The SMILES string of the molecule is OC(CCCl)(c1ccccc1)c1ccc(F)cc1F. The molecule has 0 bridgehead atoms. The number of halogens is 3. The first-order chi connectivity index (χ1) is 9.08. The first kappa shape index (κ1) is 14.0. The third-order valence-electron chi connectivity index (χ3n) is 3.08. The first-order valence-electron chi connectivity index (χ1n) is 5.87. The second kappa shape index (κ2) is 5.68. The predicted molar refractivity (Wildman–Crippen MR) is 71.1 cm³/mol. The second-order valence-electron chi connectivity index (χ2n) is 4.29. The summed E-state index contributed by atoms with van der Waals surface area (Å²) in [4.78, 5) is 0. The molecule has 0 radical (unpaired) electrons. The van der Waals surface area contributed by atoms with Crippen molar-refractivity contribution in [1.29, 1.82) is 0 Å². The lowest BCUT2D eigenvalue weighted by molar-refractivity contribution is 0.0734. The van der Waals surface area contributed by atoms with Gasteiger partial charge in [0.1, 0.15) is 17.2 Å². The molecule has 2 rings (SSSR count). The molecule has 2 aromatic carbocycles. The Morgan fingerprint density at radius 3 is 2.32 bits per heavy atom. The summed E-state index contributed by atoms with van der Waals surface area (Å²) in [7, 11) is 0. The summed E-state index contributed by atoms with van der Waals surface area (Å²) in [5.74, 6) is -1.30. The lowest BCUT2D eigenvalue weighted by atomic mass is 9.84. The summed E-state index contributed by atoms with van der Waals surface area (Å²) >= 11 is 5.71. The predicted octanol–water partition coefficient (Wildman–Crippen LogP) is 3.83. The van der Waals surface area contributed by atoms with Gasteiger partial charge in [0.15, 0.2) is 0 Å². The van der Waals surface area contributed by atoms with Crippen molar-refractivity contribution in [1.82, 2.24) is 0 Å². The van der Waals surface area contributed by atoms with Crippen LogP contribution in [0, 0.1) is 11.6 Å². The molecule has 0 amide bonds. The fourth-order valence-corrected chi connectivity index (χ4v) is 2.38. The summed E-state index contributed by atoms with van der Waals surface area (Å²) in [5, 5.41) is 10.8. The van der Waals surface area contributed by atoms with E-state index in [0.717, 1.165) is 12.1 Å². The van der Waals surface area contributed by atoms with Crippen molar-refractivity contribution in [2.24, 2.45) is 0 Å². The summed E-state index contributed by atoms with van der Waals surface area (Å²) in [6.45, 7) is 0. The van der Waals surface area contributed by atoms with E-state index >= 15 is 0 Å². The average Bonchev–Trinajstić information content (AvgIpc) is 2.39. The van der Waals surface area contributed by atoms with Crippen LogP contribution < -0.4 is 0 Å². The van der Waals surface area contributed by atoms with E-state index in [2.05, 4.69) is 0 Å². The summed E-state index contributed by atoms with van der Waals surface area (Å²) in [6, 6.07) is 11.8. The van der Waals surface area contributed by atoms with Crippen molar-refractivity contribution >= 4 is 11.6 Å². The molecule has 0 fully saturated rings. The Morgan fingerprint density at radius 2 is 1.74 bits per heavy atom. The summed E-state index contributed by atoms with van der Waals surface area (Å²) in [5.41, 5.74) is -0.997. The lowest BCUT2D eigenvalue weighted by Crippen LogP contribution is -2.29. The van der Waals surface area contributed by atoms with Crippen LogP contribution in [-0.4, -0.2) is 11.0 Å². The van der Waals surface area contributed by atoms with Crippen LogP contribution in [0.3, 0.4) is 0 Å². The number of alkyl halides is 1. The largest absolute Gasteiger partial charge is 0.380 e. The van der Waals surface area contributed by atoms with Gasteiger partial charge >= 0.3 is 0 Å². The summed E-state index contributed by atoms with van der Waals surface area (Å²) < 4.78 is 26.9. The van der Waals surface area contributed by atoms with Crippen molar-refractivity contribution in [3.63, 3.8) is 0 Å². The smallest absolute Gasteiger partial charge is 0.132 e. The molecule has 4 heteroatoms. The van der Waals surface area contributed by atoms with E-state index in [1.807, 2.05) is 0 Å². The number of hydrogen-bond acceptors (Lipinski definition) is 1. The van der Waals surface area contributed by atoms with Crippen LogP contribution in [0.4, 0.5) is 8.78 Å². The number of rotatable bonds is 4. The van der Waals surface area contributed by atoms with Crippen molar-refractivity contribution in [2.75, 3.05) is 5.88 Å². The van der Waals surface area contributed by atoms with Crippen molar-refractivity contribution in [3.05, 3.63) is 71.3 Å². The van der Waals surface area contributed by atoms with E-state index in [9.17, 15) is 13.9 Å². The van der Waals surface area contributed by atoms with Gasteiger partial charge in [-0.2, -0.15) is 0 Å². The minimum atomic E-state index is -1.55. The maximum Gasteiger partial charge on any atom is 0.132 e. The molecule has 1 unspecified atom stereocenters. The highest BCUT2D eigenvalue weighted by Crippen LogP contribution is 2.35. The van der Waals surface area contributed by atoms with Gasteiger partial charge in [-0.25, -0.2) is 8.78 Å². The van der Waals surface area contributed by atoms with Crippen molar-refractivity contribution in [3.8, 4) is 0 Å². The van der Waals surface area contributed by atoms with Gasteiger partial charge in [0.05, 0.1) is 0 Å². The van der Waals surface area contributed by atoms with Crippen LogP contribution in [0.2, 0.25) is 0 Å². The lowest BCUT2D eigenvalue weighted by Gasteiger charge is -2.29. The Bertz CT molecular complexity index is 559. The molecule has 0 heterocycles. The molecule has 0 aliphatic heterocycles. The minimum absolute atomic E-state index is 0.0285. The van der Waals surface area contributed by atoms with Gasteiger partial charge in [-0.05, 0) is 24.1 Å². The van der Waals surface area contributed by atoms with E-state index < -0.39 is 17.2 Å². The Hall–Kier alpha value is -1.45. The molecule has 0 aliphatic carbocycles. The van der Waals surface area contributed by atoms with Gasteiger partial charge < -0.3 is 5.11 Å². The zero-order valence-corrected chi connectivity index (χ0v) is 10.9. The van der Waals surface area contributed by atoms with Gasteiger partial charge in [0, 0.05) is 17.5 Å². The van der Waals surface area contributed by atoms with Crippen LogP contribution in [-0.2, 0) is 5.60 Å². The van der Waals surface area contributed by atoms with E-state index in [1.165, 1.54) is 6.07 Å². The van der Waals surface area contributed by atoms with Gasteiger partial charge in [0.2, 0.25) is 0 Å². The number of benzene rings is 2. The highest BCUT2D eigenvalue weighted by atomic mass is 35.5. The average molecular weight is 283 g/mol. The van der Waals surface area contributed by atoms with Gasteiger partial charge in [-0.15, -0.1) is 11.6 Å². The Morgan fingerprint density at radius 1 is 1.05 bits per heavy atom. The highest BCUT2D eigenvalue weighted by Gasteiger charge is 2.33. The molecule has 0 aromatic heterocycles. The Labute approximate surface area is 115 Å². The molecule has 1 nitrogen and oxygen atoms in total. The monoisotopic (exact) mass is 282 g/mol. The minimum Gasteiger partial charge on any atom is -0.380 e. The zero-order chi connectivity index (χ0) is 13.9. The van der Waals surface area contributed by atoms with Crippen LogP contribution in [0.25, 0.3) is 0 Å².